The highest BCUT2D eigenvalue weighted by atomic mass is 35.5. The largest absolute Gasteiger partial charge is 0.484 e. The van der Waals surface area contributed by atoms with Gasteiger partial charge in [-0.25, -0.2) is 5.43 Å². The highest BCUT2D eigenvalue weighted by Crippen LogP contribution is 2.33. The zero-order chi connectivity index (χ0) is 16.1. The van der Waals surface area contributed by atoms with E-state index < -0.39 is 0 Å². The van der Waals surface area contributed by atoms with Gasteiger partial charge in [-0.15, -0.1) is 11.3 Å². The first kappa shape index (κ1) is 15.5. The fraction of sp³-hybridized carbons (Fsp3) is 0.0588. The summed E-state index contributed by atoms with van der Waals surface area (Å²) in [5.74, 6) is 0.307. The van der Waals surface area contributed by atoms with Crippen molar-refractivity contribution < 1.29 is 9.53 Å². The summed E-state index contributed by atoms with van der Waals surface area (Å²) in [5.41, 5.74) is 2.43. The van der Waals surface area contributed by atoms with Gasteiger partial charge in [0, 0.05) is 10.1 Å². The van der Waals surface area contributed by atoms with Crippen LogP contribution < -0.4 is 10.2 Å². The summed E-state index contributed by atoms with van der Waals surface area (Å²) in [7, 11) is 0. The van der Waals surface area contributed by atoms with Crippen LogP contribution >= 0.6 is 22.9 Å². The quantitative estimate of drug-likeness (QED) is 0.560. The molecule has 0 unspecified atom stereocenters. The zero-order valence-corrected chi connectivity index (χ0v) is 13.6. The molecule has 2 aromatic carbocycles. The number of nitrogens with zero attached hydrogens (tertiary/aromatic N) is 1. The van der Waals surface area contributed by atoms with Gasteiger partial charge in [0.05, 0.1) is 16.1 Å². The van der Waals surface area contributed by atoms with Gasteiger partial charge in [0.1, 0.15) is 5.75 Å². The number of ether oxygens (including phenoxy) is 1. The summed E-state index contributed by atoms with van der Waals surface area (Å²) in [6.07, 6.45) is 1.55. The lowest BCUT2D eigenvalue weighted by Crippen LogP contribution is -2.24. The summed E-state index contributed by atoms with van der Waals surface area (Å²) in [4.78, 5) is 12.5. The van der Waals surface area contributed by atoms with E-state index in [4.69, 9.17) is 16.3 Å². The van der Waals surface area contributed by atoms with Crippen LogP contribution in [-0.2, 0) is 4.79 Å². The molecule has 0 saturated carbocycles. The molecule has 0 radical (unpaired) electrons. The van der Waals surface area contributed by atoms with Crippen LogP contribution in [0.4, 0.5) is 0 Å². The number of halogens is 1. The summed E-state index contributed by atoms with van der Waals surface area (Å²) in [6, 6.07) is 17.0. The molecule has 0 atom stereocenters. The van der Waals surface area contributed by atoms with E-state index in [2.05, 4.69) is 10.5 Å². The topological polar surface area (TPSA) is 50.7 Å². The molecule has 0 aliphatic heterocycles. The maximum absolute atomic E-state index is 11.7. The summed E-state index contributed by atoms with van der Waals surface area (Å²) in [5, 5.41) is 5.56. The van der Waals surface area contributed by atoms with Gasteiger partial charge < -0.3 is 4.74 Å². The molecule has 116 valence electrons. The monoisotopic (exact) mass is 344 g/mol. The Morgan fingerprint density at radius 2 is 1.91 bits per heavy atom. The van der Waals surface area contributed by atoms with E-state index in [1.54, 1.807) is 18.3 Å². The normalized spacial score (nSPS) is 11.0. The molecule has 0 spiro atoms. The molecule has 1 aromatic heterocycles. The number of nitrogens with one attached hydrogen (secondary N) is 1. The molecular formula is C17H13ClN2O2S. The van der Waals surface area contributed by atoms with Gasteiger partial charge in [-0.3, -0.25) is 4.79 Å². The van der Waals surface area contributed by atoms with E-state index in [9.17, 15) is 4.79 Å². The van der Waals surface area contributed by atoms with Crippen molar-refractivity contribution in [1.82, 2.24) is 5.43 Å². The predicted octanol–water partition coefficient (Wildman–Crippen LogP) is 4.08. The van der Waals surface area contributed by atoms with Crippen molar-refractivity contribution in [2.45, 2.75) is 0 Å². The zero-order valence-electron chi connectivity index (χ0n) is 12.0. The van der Waals surface area contributed by atoms with Crippen LogP contribution in [0.25, 0.3) is 10.1 Å². The summed E-state index contributed by atoms with van der Waals surface area (Å²) >= 11 is 7.82. The molecule has 3 rings (SSSR count). The SMILES string of the molecule is O=C(COc1ccccc1)NN=Cc1sc2ccccc2c1Cl. The van der Waals surface area contributed by atoms with Gasteiger partial charge in [-0.05, 0) is 18.2 Å². The Morgan fingerprint density at radius 1 is 1.17 bits per heavy atom. The number of thiophene rings is 1. The van der Waals surface area contributed by atoms with Crippen LogP contribution in [0.3, 0.4) is 0 Å². The minimum atomic E-state index is -0.331. The second-order valence-electron chi connectivity index (χ2n) is 4.67. The van der Waals surface area contributed by atoms with Gasteiger partial charge in [0.15, 0.2) is 6.61 Å². The molecule has 0 aliphatic carbocycles. The Labute approximate surface area is 142 Å². The van der Waals surface area contributed by atoms with Crippen LogP contribution in [0.5, 0.6) is 5.75 Å². The number of fused-ring (bicyclic) bond motifs is 1. The number of para-hydroxylation sites is 1. The van der Waals surface area contributed by atoms with Gasteiger partial charge in [-0.2, -0.15) is 5.10 Å². The molecule has 0 aliphatic rings. The predicted molar refractivity (Wildman–Crippen MR) is 94.5 cm³/mol. The number of carbonyl (C=O) groups is 1. The number of hydrazone groups is 1. The van der Waals surface area contributed by atoms with Gasteiger partial charge in [0.2, 0.25) is 0 Å². The first-order valence-corrected chi connectivity index (χ1v) is 8.10. The summed E-state index contributed by atoms with van der Waals surface area (Å²) in [6.45, 7) is -0.0957. The van der Waals surface area contributed by atoms with Crippen LogP contribution in [-0.4, -0.2) is 18.7 Å². The fourth-order valence-electron chi connectivity index (χ4n) is 1.98. The Hall–Kier alpha value is -2.37. The summed E-state index contributed by atoms with van der Waals surface area (Å²) < 4.78 is 6.41. The minimum Gasteiger partial charge on any atom is -0.484 e. The molecule has 1 amide bonds. The minimum absolute atomic E-state index is 0.0957. The van der Waals surface area contributed by atoms with Crippen LogP contribution in [0.15, 0.2) is 59.7 Å². The van der Waals surface area contributed by atoms with Crippen molar-refractivity contribution in [2.75, 3.05) is 6.61 Å². The van der Waals surface area contributed by atoms with Crippen molar-refractivity contribution in [3.8, 4) is 5.75 Å². The number of rotatable bonds is 5. The van der Waals surface area contributed by atoms with E-state index in [-0.39, 0.29) is 12.5 Å². The van der Waals surface area contributed by atoms with Crippen molar-refractivity contribution in [1.29, 1.82) is 0 Å². The van der Waals surface area contributed by atoms with Crippen LogP contribution in [0.2, 0.25) is 5.02 Å². The van der Waals surface area contributed by atoms with Crippen LogP contribution in [0.1, 0.15) is 4.88 Å². The average Bonchev–Trinajstić information content (AvgIpc) is 2.91. The Kier molecular flexibility index (Phi) is 4.90. The fourth-order valence-corrected chi connectivity index (χ4v) is 3.33. The third-order valence-electron chi connectivity index (χ3n) is 3.04. The molecule has 1 heterocycles. The van der Waals surface area contributed by atoms with E-state index in [1.807, 2.05) is 42.5 Å². The van der Waals surface area contributed by atoms with Crippen molar-refractivity contribution in [3.63, 3.8) is 0 Å². The van der Waals surface area contributed by atoms with Gasteiger partial charge in [0.25, 0.3) is 5.91 Å². The average molecular weight is 345 g/mol. The number of carbonyl (C=O) groups excluding carboxylic acids is 1. The number of amides is 1. The molecule has 3 aromatic rings. The maximum atomic E-state index is 11.7. The highest BCUT2D eigenvalue weighted by molar-refractivity contribution is 7.21. The Balaban J connectivity index is 1.57. The molecule has 0 bridgehead atoms. The van der Waals surface area contributed by atoms with E-state index >= 15 is 0 Å². The van der Waals surface area contributed by atoms with E-state index in [1.165, 1.54) is 11.3 Å². The van der Waals surface area contributed by atoms with Gasteiger partial charge in [-0.1, -0.05) is 48.0 Å². The van der Waals surface area contributed by atoms with Crippen molar-refractivity contribution >= 4 is 45.1 Å². The lowest BCUT2D eigenvalue weighted by molar-refractivity contribution is -0.123. The lowest BCUT2D eigenvalue weighted by atomic mass is 10.2. The molecular weight excluding hydrogens is 332 g/mol. The van der Waals surface area contributed by atoms with Crippen molar-refractivity contribution in [3.05, 3.63) is 64.5 Å². The molecule has 0 fully saturated rings. The number of benzene rings is 2. The molecule has 6 heteroatoms. The molecule has 0 saturated heterocycles. The standard InChI is InChI=1S/C17H13ClN2O2S/c18-17-13-8-4-5-9-14(13)23-15(17)10-19-20-16(21)11-22-12-6-2-1-3-7-12/h1-10H,11H2,(H,20,21). The first-order chi connectivity index (χ1) is 11.2. The van der Waals surface area contributed by atoms with E-state index in [0.29, 0.717) is 10.8 Å². The molecule has 4 nitrogen and oxygen atoms in total. The highest BCUT2D eigenvalue weighted by Gasteiger charge is 2.08. The number of hydrogen-bond donors (Lipinski definition) is 1. The van der Waals surface area contributed by atoms with Crippen molar-refractivity contribution in [2.24, 2.45) is 5.10 Å². The molecule has 23 heavy (non-hydrogen) atoms. The second-order valence-corrected chi connectivity index (χ2v) is 6.13. The first-order valence-electron chi connectivity index (χ1n) is 6.91. The Morgan fingerprint density at radius 3 is 2.70 bits per heavy atom. The number of hydrogen-bond acceptors (Lipinski definition) is 4. The second kappa shape index (κ2) is 7.26. The van der Waals surface area contributed by atoms with Crippen LogP contribution in [0, 0.1) is 0 Å². The van der Waals surface area contributed by atoms with Gasteiger partial charge >= 0.3 is 0 Å². The third-order valence-corrected chi connectivity index (χ3v) is 4.67. The third kappa shape index (κ3) is 3.88. The maximum Gasteiger partial charge on any atom is 0.277 e. The smallest absolute Gasteiger partial charge is 0.277 e. The Bertz CT molecular complexity index is 846. The lowest BCUT2D eigenvalue weighted by Gasteiger charge is -2.03. The van der Waals surface area contributed by atoms with E-state index in [0.717, 1.165) is 15.0 Å². The molecule has 1 N–H and O–H groups in total.